The summed E-state index contributed by atoms with van der Waals surface area (Å²) < 4.78 is 0. The summed E-state index contributed by atoms with van der Waals surface area (Å²) in [5.74, 6) is -0.892. The van der Waals surface area contributed by atoms with E-state index in [0.29, 0.717) is 0 Å². The molecule has 3 nitrogen and oxygen atoms in total. The van der Waals surface area contributed by atoms with Crippen molar-refractivity contribution in [2.45, 2.75) is 52.5 Å². The Morgan fingerprint density at radius 1 is 1.28 bits per heavy atom. The Hall–Kier alpha value is -1.35. The van der Waals surface area contributed by atoms with Crippen LogP contribution >= 0.6 is 0 Å². The lowest BCUT2D eigenvalue weighted by molar-refractivity contribution is -0.137. The Labute approximate surface area is 109 Å². The third-order valence-corrected chi connectivity index (χ3v) is 3.49. The topological polar surface area (TPSA) is 63.3 Å². The summed E-state index contributed by atoms with van der Waals surface area (Å²) in [6.45, 7) is 8.12. The van der Waals surface area contributed by atoms with Crippen LogP contribution in [0.3, 0.4) is 0 Å². The molecule has 1 aromatic rings. The average Bonchev–Trinajstić information content (AvgIpc) is 2.24. The fraction of sp³-hybridized carbons (Fsp3) is 0.533. The lowest BCUT2D eigenvalue weighted by Gasteiger charge is -2.25. The average molecular weight is 249 g/mol. The molecule has 100 valence electrons. The maximum absolute atomic E-state index is 11.0. The molecule has 2 atom stereocenters. The maximum Gasteiger partial charge on any atom is 0.304 e. The third kappa shape index (κ3) is 3.33. The van der Waals surface area contributed by atoms with Gasteiger partial charge in [0.05, 0.1) is 6.42 Å². The van der Waals surface area contributed by atoms with Crippen LogP contribution in [0.1, 0.15) is 47.9 Å². The number of aryl methyl sites for hydroxylation is 3. The van der Waals surface area contributed by atoms with Crippen molar-refractivity contribution in [1.82, 2.24) is 0 Å². The summed E-state index contributed by atoms with van der Waals surface area (Å²) >= 11 is 0. The van der Waals surface area contributed by atoms with Crippen molar-refractivity contribution in [3.05, 3.63) is 34.4 Å². The number of nitrogens with two attached hydrogens (primary N) is 1. The van der Waals surface area contributed by atoms with Gasteiger partial charge in [-0.15, -0.1) is 0 Å². The fourth-order valence-electron chi connectivity index (χ4n) is 2.72. The largest absolute Gasteiger partial charge is 0.481 e. The zero-order valence-electron chi connectivity index (χ0n) is 11.7. The van der Waals surface area contributed by atoms with Gasteiger partial charge in [0, 0.05) is 12.0 Å². The van der Waals surface area contributed by atoms with Gasteiger partial charge in [-0.05, 0) is 43.9 Å². The molecule has 3 heteroatoms. The van der Waals surface area contributed by atoms with Gasteiger partial charge in [-0.25, -0.2) is 0 Å². The molecule has 0 aliphatic heterocycles. The highest BCUT2D eigenvalue weighted by Gasteiger charge is 2.24. The number of rotatable bonds is 5. The predicted molar refractivity (Wildman–Crippen MR) is 73.9 cm³/mol. The predicted octanol–water partition coefficient (Wildman–Crippen LogP) is 2.91. The molecule has 0 bridgehead atoms. The van der Waals surface area contributed by atoms with Crippen molar-refractivity contribution in [3.63, 3.8) is 0 Å². The first kappa shape index (κ1) is 14.7. The molecule has 1 rings (SSSR count). The Morgan fingerprint density at radius 2 is 1.78 bits per heavy atom. The quantitative estimate of drug-likeness (QED) is 0.843. The SMILES string of the molecule is CCC(N)C(CC(=O)O)c1c(C)cc(C)cc1C. The standard InChI is InChI=1S/C15H23NO2/c1-5-13(16)12(8-14(17)18)15-10(3)6-9(2)7-11(15)4/h6-7,12-13H,5,8,16H2,1-4H3,(H,17,18). The van der Waals surface area contributed by atoms with Crippen LogP contribution in [0.4, 0.5) is 0 Å². The van der Waals surface area contributed by atoms with Gasteiger partial charge in [-0.3, -0.25) is 4.79 Å². The van der Waals surface area contributed by atoms with Crippen LogP contribution in [-0.4, -0.2) is 17.1 Å². The summed E-state index contributed by atoms with van der Waals surface area (Å²) in [4.78, 5) is 11.0. The Morgan fingerprint density at radius 3 is 2.17 bits per heavy atom. The summed E-state index contributed by atoms with van der Waals surface area (Å²) in [7, 11) is 0. The van der Waals surface area contributed by atoms with Gasteiger partial charge in [0.2, 0.25) is 0 Å². The summed E-state index contributed by atoms with van der Waals surface area (Å²) in [5, 5.41) is 9.07. The fourth-order valence-corrected chi connectivity index (χ4v) is 2.72. The maximum atomic E-state index is 11.0. The second kappa shape index (κ2) is 6.01. The van der Waals surface area contributed by atoms with Crippen molar-refractivity contribution in [2.24, 2.45) is 5.73 Å². The van der Waals surface area contributed by atoms with E-state index in [9.17, 15) is 4.79 Å². The van der Waals surface area contributed by atoms with Crippen molar-refractivity contribution < 1.29 is 9.90 Å². The molecule has 0 saturated heterocycles. The Balaban J connectivity index is 3.24. The summed E-state index contributed by atoms with van der Waals surface area (Å²) in [6, 6.07) is 4.08. The first-order chi connectivity index (χ1) is 8.36. The molecule has 0 aliphatic carbocycles. The first-order valence-electron chi connectivity index (χ1n) is 6.41. The minimum absolute atomic E-state index is 0.0970. The minimum Gasteiger partial charge on any atom is -0.481 e. The van der Waals surface area contributed by atoms with E-state index in [1.807, 2.05) is 20.8 Å². The minimum atomic E-state index is -0.789. The number of benzene rings is 1. The summed E-state index contributed by atoms with van der Waals surface area (Å²) in [6.07, 6.45) is 0.879. The van der Waals surface area contributed by atoms with Crippen molar-refractivity contribution >= 4 is 5.97 Å². The first-order valence-corrected chi connectivity index (χ1v) is 6.41. The van der Waals surface area contributed by atoms with Crippen molar-refractivity contribution in [2.75, 3.05) is 0 Å². The number of hydrogen-bond acceptors (Lipinski definition) is 2. The van der Waals surface area contributed by atoms with Gasteiger partial charge in [-0.1, -0.05) is 24.6 Å². The van der Waals surface area contributed by atoms with E-state index in [1.54, 1.807) is 0 Å². The van der Waals surface area contributed by atoms with E-state index >= 15 is 0 Å². The van der Waals surface area contributed by atoms with Crippen LogP contribution in [0.2, 0.25) is 0 Å². The molecule has 2 unspecified atom stereocenters. The Bertz CT molecular complexity index is 417. The van der Waals surface area contributed by atoms with Gasteiger partial charge in [0.15, 0.2) is 0 Å². The molecule has 3 N–H and O–H groups in total. The van der Waals surface area contributed by atoms with Crippen molar-refractivity contribution in [1.29, 1.82) is 0 Å². The molecule has 0 aromatic heterocycles. The van der Waals surface area contributed by atoms with Crippen LogP contribution in [0.5, 0.6) is 0 Å². The number of hydrogen-bond donors (Lipinski definition) is 2. The van der Waals surface area contributed by atoms with Gasteiger partial charge < -0.3 is 10.8 Å². The second-order valence-electron chi connectivity index (χ2n) is 5.09. The van der Waals surface area contributed by atoms with Crippen LogP contribution in [-0.2, 0) is 4.79 Å². The normalized spacial score (nSPS) is 14.3. The van der Waals surface area contributed by atoms with E-state index in [0.717, 1.165) is 23.1 Å². The Kier molecular flexibility index (Phi) is 4.91. The van der Waals surface area contributed by atoms with E-state index < -0.39 is 5.97 Å². The number of carbonyl (C=O) groups is 1. The molecular formula is C15H23NO2. The lowest BCUT2D eigenvalue weighted by Crippen LogP contribution is -2.30. The second-order valence-corrected chi connectivity index (χ2v) is 5.09. The highest BCUT2D eigenvalue weighted by Crippen LogP contribution is 2.30. The molecule has 0 heterocycles. The van der Waals surface area contributed by atoms with Crippen molar-refractivity contribution in [3.8, 4) is 0 Å². The lowest BCUT2D eigenvalue weighted by atomic mass is 9.82. The molecule has 0 amide bonds. The molecule has 0 radical (unpaired) electrons. The zero-order chi connectivity index (χ0) is 13.9. The molecule has 18 heavy (non-hydrogen) atoms. The summed E-state index contributed by atoms with van der Waals surface area (Å²) in [5.41, 5.74) is 10.7. The van der Waals surface area contributed by atoms with Crippen LogP contribution in [0.15, 0.2) is 12.1 Å². The van der Waals surface area contributed by atoms with Crippen LogP contribution in [0.25, 0.3) is 0 Å². The molecule has 0 aliphatic rings. The van der Waals surface area contributed by atoms with Gasteiger partial charge in [0.25, 0.3) is 0 Å². The van der Waals surface area contributed by atoms with E-state index in [4.69, 9.17) is 10.8 Å². The third-order valence-electron chi connectivity index (χ3n) is 3.49. The highest BCUT2D eigenvalue weighted by molar-refractivity contribution is 5.68. The van der Waals surface area contributed by atoms with E-state index in [-0.39, 0.29) is 18.4 Å². The zero-order valence-corrected chi connectivity index (χ0v) is 11.7. The highest BCUT2D eigenvalue weighted by atomic mass is 16.4. The molecule has 0 spiro atoms. The van der Waals surface area contributed by atoms with E-state index in [1.165, 1.54) is 5.56 Å². The van der Waals surface area contributed by atoms with Crippen LogP contribution < -0.4 is 5.73 Å². The molecule has 0 fully saturated rings. The van der Waals surface area contributed by atoms with Gasteiger partial charge in [-0.2, -0.15) is 0 Å². The van der Waals surface area contributed by atoms with E-state index in [2.05, 4.69) is 19.1 Å². The molecule has 0 saturated carbocycles. The number of aliphatic carboxylic acids is 1. The number of carboxylic acids is 1. The van der Waals surface area contributed by atoms with Crippen LogP contribution in [0, 0.1) is 20.8 Å². The van der Waals surface area contributed by atoms with Gasteiger partial charge in [0.1, 0.15) is 0 Å². The smallest absolute Gasteiger partial charge is 0.304 e. The van der Waals surface area contributed by atoms with Gasteiger partial charge >= 0.3 is 5.97 Å². The molecule has 1 aromatic carbocycles. The molecular weight excluding hydrogens is 226 g/mol. The monoisotopic (exact) mass is 249 g/mol. The number of carboxylic acid groups (broad SMARTS) is 1.